The smallest absolute Gasteiger partial charge is 0.259 e. The largest absolute Gasteiger partial charge is 0.472 e. The molecule has 10 nitrogen and oxygen atoms in total. The molecular formula is C24H31N7O3. The molecule has 4 heterocycles. The molecule has 1 fully saturated rings. The summed E-state index contributed by atoms with van der Waals surface area (Å²) in [5, 5.41) is 21.3. The molecule has 2 aliphatic rings. The van der Waals surface area contributed by atoms with Crippen molar-refractivity contribution in [2.45, 2.75) is 44.9 Å². The van der Waals surface area contributed by atoms with E-state index in [1.807, 2.05) is 4.90 Å². The Morgan fingerprint density at radius 3 is 2.82 bits per heavy atom. The predicted octanol–water partition coefficient (Wildman–Crippen LogP) is 1.57. The fourth-order valence-electron chi connectivity index (χ4n) is 4.79. The fraction of sp³-hybridized carbons (Fsp3) is 0.500. The molecule has 1 saturated heterocycles. The summed E-state index contributed by atoms with van der Waals surface area (Å²) in [6.07, 6.45) is 3.56. The molecule has 2 aromatic heterocycles. The number of aromatic nitrogens is 4. The van der Waals surface area contributed by atoms with Crippen LogP contribution in [0.15, 0.2) is 30.6 Å². The number of aromatic amines is 1. The molecule has 2 aliphatic heterocycles. The molecule has 0 aliphatic carbocycles. The van der Waals surface area contributed by atoms with Crippen LogP contribution in [0.1, 0.15) is 30.9 Å². The number of nitrogens with one attached hydrogen (secondary N) is 2. The summed E-state index contributed by atoms with van der Waals surface area (Å²) in [7, 11) is 0. The first-order valence-electron chi connectivity index (χ1n) is 11.9. The monoisotopic (exact) mass is 465 g/mol. The minimum absolute atomic E-state index is 0.116. The van der Waals surface area contributed by atoms with Crippen molar-refractivity contribution in [1.29, 1.82) is 0 Å². The van der Waals surface area contributed by atoms with Crippen molar-refractivity contribution in [3.63, 3.8) is 0 Å². The number of benzene rings is 1. The minimum atomic E-state index is -0.636. The van der Waals surface area contributed by atoms with Gasteiger partial charge in [0, 0.05) is 45.7 Å². The van der Waals surface area contributed by atoms with E-state index in [4.69, 9.17) is 4.74 Å². The number of β-amino-alcohol motifs (C(OH)–C–C–N with tert-alkyl or cyclic N) is 1. The number of carbonyl (C=O) groups is 1. The Balaban J connectivity index is 1.16. The molecule has 180 valence electrons. The van der Waals surface area contributed by atoms with Gasteiger partial charge in [0.15, 0.2) is 11.3 Å². The van der Waals surface area contributed by atoms with Crippen molar-refractivity contribution in [1.82, 2.24) is 30.0 Å². The second kappa shape index (κ2) is 9.94. The number of ether oxygens (including phenoxy) is 1. The summed E-state index contributed by atoms with van der Waals surface area (Å²) >= 11 is 0. The van der Waals surface area contributed by atoms with Crippen molar-refractivity contribution < 1.29 is 14.6 Å². The molecule has 0 spiro atoms. The van der Waals surface area contributed by atoms with Crippen molar-refractivity contribution in [3.8, 4) is 5.88 Å². The van der Waals surface area contributed by atoms with Crippen molar-refractivity contribution >= 4 is 22.8 Å². The van der Waals surface area contributed by atoms with Gasteiger partial charge in [0.2, 0.25) is 5.91 Å². The van der Waals surface area contributed by atoms with Gasteiger partial charge in [0.05, 0.1) is 0 Å². The number of anilines is 1. The van der Waals surface area contributed by atoms with Gasteiger partial charge in [-0.2, -0.15) is 0 Å². The Hall–Kier alpha value is -3.24. The lowest BCUT2D eigenvalue weighted by molar-refractivity contribution is -0.129. The maximum Gasteiger partial charge on any atom is 0.259 e. The van der Waals surface area contributed by atoms with Gasteiger partial charge >= 0.3 is 0 Å². The van der Waals surface area contributed by atoms with E-state index in [9.17, 15) is 9.90 Å². The zero-order valence-electron chi connectivity index (χ0n) is 19.4. The molecular weight excluding hydrogens is 434 g/mol. The van der Waals surface area contributed by atoms with Gasteiger partial charge in [-0.15, -0.1) is 5.10 Å². The molecule has 10 heteroatoms. The van der Waals surface area contributed by atoms with Crippen molar-refractivity contribution in [2.24, 2.45) is 0 Å². The van der Waals surface area contributed by atoms with Gasteiger partial charge in [0.25, 0.3) is 5.88 Å². The number of hydrogen-bond acceptors (Lipinski definition) is 8. The highest BCUT2D eigenvalue weighted by Crippen LogP contribution is 2.26. The standard InChI is InChI=1S/C24H31N7O3/c1-16(32)31-10-7-19(8-11-31)27-23-21-22(25-15-26-23)24(29-28-21)34-14-20(33)13-30-9-6-17-4-2-3-5-18(17)12-30/h2-5,15,19-20,33H,6-14H2,1H3,(H,28,29)(H,25,26,27). The predicted molar refractivity (Wildman–Crippen MR) is 128 cm³/mol. The van der Waals surface area contributed by atoms with Gasteiger partial charge in [-0.3, -0.25) is 14.8 Å². The summed E-state index contributed by atoms with van der Waals surface area (Å²) in [6.45, 7) is 5.51. The van der Waals surface area contributed by atoms with Crippen LogP contribution in [0.4, 0.5) is 5.82 Å². The highest BCUT2D eigenvalue weighted by atomic mass is 16.5. The lowest BCUT2D eigenvalue weighted by atomic mass is 10.00. The van der Waals surface area contributed by atoms with E-state index < -0.39 is 6.10 Å². The molecule has 3 aromatic rings. The number of piperidine rings is 1. The fourth-order valence-corrected chi connectivity index (χ4v) is 4.79. The van der Waals surface area contributed by atoms with Gasteiger partial charge in [-0.05, 0) is 30.4 Å². The normalized spacial score (nSPS) is 18.0. The van der Waals surface area contributed by atoms with Crippen LogP contribution in [0, 0.1) is 0 Å². The number of nitrogens with zero attached hydrogens (tertiary/aromatic N) is 5. The number of hydrogen-bond donors (Lipinski definition) is 3. The highest BCUT2D eigenvalue weighted by molar-refractivity contribution is 5.88. The Kier molecular flexibility index (Phi) is 6.59. The molecule has 1 aromatic carbocycles. The number of rotatable bonds is 7. The number of amides is 1. The Morgan fingerprint density at radius 1 is 1.24 bits per heavy atom. The van der Waals surface area contributed by atoms with Crippen molar-refractivity contribution in [2.75, 3.05) is 38.1 Å². The number of fused-ring (bicyclic) bond motifs is 2. The van der Waals surface area contributed by atoms with Crippen LogP contribution in [0.3, 0.4) is 0 Å². The second-order valence-electron chi connectivity index (χ2n) is 9.12. The second-order valence-corrected chi connectivity index (χ2v) is 9.12. The maximum absolute atomic E-state index is 11.5. The third kappa shape index (κ3) is 4.97. The van der Waals surface area contributed by atoms with Crippen LogP contribution in [0.2, 0.25) is 0 Å². The van der Waals surface area contributed by atoms with E-state index in [1.54, 1.807) is 6.92 Å². The molecule has 34 heavy (non-hydrogen) atoms. The number of aliphatic hydroxyl groups excluding tert-OH is 1. The average Bonchev–Trinajstić information content (AvgIpc) is 3.27. The molecule has 3 N–H and O–H groups in total. The van der Waals surface area contributed by atoms with Crippen molar-refractivity contribution in [3.05, 3.63) is 41.7 Å². The first kappa shape index (κ1) is 22.5. The molecule has 0 radical (unpaired) electrons. The summed E-state index contributed by atoms with van der Waals surface area (Å²) in [5.74, 6) is 1.14. The van der Waals surface area contributed by atoms with Gasteiger partial charge in [-0.1, -0.05) is 24.3 Å². The molecule has 1 atom stereocenters. The summed E-state index contributed by atoms with van der Waals surface area (Å²) < 4.78 is 5.84. The number of aliphatic hydroxyl groups is 1. The Bertz CT molecular complexity index is 1140. The first-order valence-corrected chi connectivity index (χ1v) is 11.9. The zero-order chi connectivity index (χ0) is 23.5. The quantitative estimate of drug-likeness (QED) is 0.481. The lowest BCUT2D eigenvalue weighted by Gasteiger charge is -2.31. The number of H-pyrrole nitrogens is 1. The topological polar surface area (TPSA) is 120 Å². The van der Waals surface area contributed by atoms with E-state index in [0.29, 0.717) is 29.3 Å². The maximum atomic E-state index is 11.5. The Labute approximate surface area is 198 Å². The van der Waals surface area contributed by atoms with E-state index in [-0.39, 0.29) is 18.6 Å². The van der Waals surface area contributed by atoms with E-state index >= 15 is 0 Å². The van der Waals surface area contributed by atoms with Crippen LogP contribution >= 0.6 is 0 Å². The SMILES string of the molecule is CC(=O)N1CCC(Nc2ncnc3c(OCC(O)CN4CCc5ccccc5C4)n[nH]c23)CC1. The zero-order valence-corrected chi connectivity index (χ0v) is 19.4. The molecule has 0 saturated carbocycles. The molecule has 0 bridgehead atoms. The molecule has 5 rings (SSSR count). The highest BCUT2D eigenvalue weighted by Gasteiger charge is 2.23. The first-order chi connectivity index (χ1) is 16.6. The summed E-state index contributed by atoms with van der Waals surface area (Å²) in [5.41, 5.74) is 3.97. The average molecular weight is 466 g/mol. The van der Waals surface area contributed by atoms with Gasteiger partial charge in [-0.25, -0.2) is 9.97 Å². The van der Waals surface area contributed by atoms with Crippen LogP contribution < -0.4 is 10.1 Å². The molecule has 1 unspecified atom stereocenters. The number of carbonyl (C=O) groups excluding carboxylic acids is 1. The summed E-state index contributed by atoms with van der Waals surface area (Å²) in [4.78, 5) is 24.4. The minimum Gasteiger partial charge on any atom is -0.472 e. The van der Waals surface area contributed by atoms with Gasteiger partial charge in [0.1, 0.15) is 24.6 Å². The summed E-state index contributed by atoms with van der Waals surface area (Å²) in [6, 6.07) is 8.68. The van der Waals surface area contributed by atoms with E-state index in [0.717, 1.165) is 45.4 Å². The third-order valence-electron chi connectivity index (χ3n) is 6.69. The van der Waals surface area contributed by atoms with E-state index in [1.165, 1.54) is 17.5 Å². The Morgan fingerprint density at radius 2 is 2.03 bits per heavy atom. The van der Waals surface area contributed by atoms with Crippen LogP contribution in [0.25, 0.3) is 11.0 Å². The van der Waals surface area contributed by atoms with Crippen LogP contribution in [-0.2, 0) is 17.8 Å². The lowest BCUT2D eigenvalue weighted by Crippen LogP contribution is -2.41. The van der Waals surface area contributed by atoms with Crippen LogP contribution in [-0.4, -0.2) is 85.9 Å². The van der Waals surface area contributed by atoms with E-state index in [2.05, 4.69) is 54.6 Å². The third-order valence-corrected chi connectivity index (χ3v) is 6.69. The van der Waals surface area contributed by atoms with Gasteiger partial charge < -0.3 is 20.1 Å². The number of likely N-dealkylation sites (tertiary alicyclic amines) is 1. The molecule has 1 amide bonds. The van der Waals surface area contributed by atoms with Crippen LogP contribution in [0.5, 0.6) is 5.88 Å².